The number of nitrogens with zero attached hydrogens (tertiary/aromatic N) is 2. The largest absolute Gasteiger partial charge is 0.337 e. The molecule has 3 rings (SSSR count). The van der Waals surface area contributed by atoms with Gasteiger partial charge in [-0.05, 0) is 30.7 Å². The van der Waals surface area contributed by atoms with Gasteiger partial charge in [0.15, 0.2) is 0 Å². The summed E-state index contributed by atoms with van der Waals surface area (Å²) in [5.41, 5.74) is 2.75. The van der Waals surface area contributed by atoms with Gasteiger partial charge in [0.05, 0.1) is 6.33 Å². The number of halogens is 1. The molecule has 2 atom stereocenters. The molecule has 2 aromatic rings. The number of benzene rings is 1. The zero-order valence-electron chi connectivity index (χ0n) is 11.0. The van der Waals surface area contributed by atoms with E-state index in [1.165, 1.54) is 17.7 Å². The normalized spacial score (nSPS) is 23.5. The molecule has 1 N–H and O–H groups in total. The van der Waals surface area contributed by atoms with E-state index in [-0.39, 0.29) is 0 Å². The molecule has 0 radical (unpaired) electrons. The Morgan fingerprint density at radius 2 is 2.05 bits per heavy atom. The Labute approximate surface area is 122 Å². The van der Waals surface area contributed by atoms with Crippen LogP contribution in [0.15, 0.2) is 41.3 Å². The lowest BCUT2D eigenvalue weighted by Gasteiger charge is -2.32. The number of aromatic nitrogens is 2. The first-order chi connectivity index (χ1) is 9.25. The Bertz CT molecular complexity index is 547. The monoisotopic (exact) mass is 319 g/mol. The van der Waals surface area contributed by atoms with E-state index in [0.29, 0.717) is 11.8 Å². The summed E-state index contributed by atoms with van der Waals surface area (Å²) in [4.78, 5) is 4.27. The van der Waals surface area contributed by atoms with Crippen LogP contribution in [-0.4, -0.2) is 22.6 Å². The molecule has 1 fully saturated rings. The van der Waals surface area contributed by atoms with Gasteiger partial charge in [-0.15, -0.1) is 0 Å². The van der Waals surface area contributed by atoms with Crippen LogP contribution in [-0.2, 0) is 7.05 Å². The minimum atomic E-state index is 0.525. The zero-order chi connectivity index (χ0) is 13.2. The molecule has 4 heteroatoms. The van der Waals surface area contributed by atoms with E-state index in [1.54, 1.807) is 0 Å². The fourth-order valence-corrected chi connectivity index (χ4v) is 3.26. The predicted octanol–water partition coefficient (Wildman–Crippen LogP) is 3.04. The quantitative estimate of drug-likeness (QED) is 0.922. The second-order valence-corrected chi connectivity index (χ2v) is 6.10. The highest BCUT2D eigenvalue weighted by Crippen LogP contribution is 2.37. The summed E-state index contributed by atoms with van der Waals surface area (Å²) >= 11 is 3.51. The summed E-state index contributed by atoms with van der Waals surface area (Å²) in [6, 6.07) is 8.71. The molecule has 1 aliphatic heterocycles. The number of piperidine rings is 1. The van der Waals surface area contributed by atoms with Crippen LogP contribution in [0.25, 0.3) is 0 Å². The smallest absolute Gasteiger partial charge is 0.0945 e. The van der Waals surface area contributed by atoms with Gasteiger partial charge in [0, 0.05) is 41.8 Å². The number of imidazole rings is 1. The Kier molecular flexibility index (Phi) is 3.71. The number of rotatable bonds is 2. The third-order valence-electron chi connectivity index (χ3n) is 4.01. The average Bonchev–Trinajstić information content (AvgIpc) is 2.86. The maximum atomic E-state index is 4.27. The van der Waals surface area contributed by atoms with Crippen LogP contribution in [0.3, 0.4) is 0 Å². The molecule has 1 aromatic heterocycles. The van der Waals surface area contributed by atoms with Gasteiger partial charge < -0.3 is 9.88 Å². The highest BCUT2D eigenvalue weighted by atomic mass is 79.9. The van der Waals surface area contributed by atoms with Crippen molar-refractivity contribution in [2.45, 2.75) is 18.3 Å². The van der Waals surface area contributed by atoms with Gasteiger partial charge in [-0.2, -0.15) is 0 Å². The summed E-state index contributed by atoms with van der Waals surface area (Å²) in [7, 11) is 2.09. The predicted molar refractivity (Wildman–Crippen MR) is 80.3 cm³/mol. The number of hydrogen-bond acceptors (Lipinski definition) is 2. The van der Waals surface area contributed by atoms with Crippen molar-refractivity contribution >= 4 is 15.9 Å². The van der Waals surface area contributed by atoms with E-state index in [4.69, 9.17) is 0 Å². The van der Waals surface area contributed by atoms with E-state index < -0.39 is 0 Å². The van der Waals surface area contributed by atoms with Crippen LogP contribution in [0.4, 0.5) is 0 Å². The Morgan fingerprint density at radius 3 is 2.74 bits per heavy atom. The molecular formula is C15H18BrN3. The zero-order valence-corrected chi connectivity index (χ0v) is 12.6. The Balaban J connectivity index is 1.93. The first-order valence-corrected chi connectivity index (χ1v) is 7.47. The van der Waals surface area contributed by atoms with E-state index in [2.05, 4.69) is 62.1 Å². The number of nitrogens with one attached hydrogen (secondary N) is 1. The van der Waals surface area contributed by atoms with Crippen molar-refractivity contribution in [1.82, 2.24) is 14.9 Å². The molecule has 2 unspecified atom stereocenters. The van der Waals surface area contributed by atoms with Crippen molar-refractivity contribution in [3.63, 3.8) is 0 Å². The Morgan fingerprint density at radius 1 is 1.26 bits per heavy atom. The molecule has 100 valence electrons. The second kappa shape index (κ2) is 5.47. The van der Waals surface area contributed by atoms with Crippen molar-refractivity contribution < 1.29 is 0 Å². The molecule has 0 saturated carbocycles. The van der Waals surface area contributed by atoms with Crippen molar-refractivity contribution in [2.24, 2.45) is 7.05 Å². The minimum Gasteiger partial charge on any atom is -0.337 e. The number of aryl methyl sites for hydroxylation is 1. The molecule has 19 heavy (non-hydrogen) atoms. The van der Waals surface area contributed by atoms with Crippen LogP contribution in [0, 0.1) is 0 Å². The van der Waals surface area contributed by atoms with E-state index in [0.717, 1.165) is 17.6 Å². The molecule has 0 aliphatic carbocycles. The van der Waals surface area contributed by atoms with Crippen LogP contribution >= 0.6 is 15.9 Å². The first-order valence-electron chi connectivity index (χ1n) is 6.68. The lowest BCUT2D eigenvalue weighted by molar-refractivity contribution is 0.392. The molecule has 0 amide bonds. The SMILES string of the molecule is Cn1cncc1C1CCNCC1c1ccc(Br)cc1. The van der Waals surface area contributed by atoms with Crippen molar-refractivity contribution in [1.29, 1.82) is 0 Å². The second-order valence-electron chi connectivity index (χ2n) is 5.19. The van der Waals surface area contributed by atoms with Crippen LogP contribution in [0.5, 0.6) is 0 Å². The summed E-state index contributed by atoms with van der Waals surface area (Å²) in [6.07, 6.45) is 5.08. The molecule has 2 heterocycles. The number of hydrogen-bond donors (Lipinski definition) is 1. The van der Waals surface area contributed by atoms with Gasteiger partial charge in [0.1, 0.15) is 0 Å². The molecule has 1 aromatic carbocycles. The summed E-state index contributed by atoms with van der Waals surface area (Å²) in [6.45, 7) is 2.13. The maximum absolute atomic E-state index is 4.27. The van der Waals surface area contributed by atoms with Gasteiger partial charge in [-0.3, -0.25) is 0 Å². The Hall–Kier alpha value is -1.13. The topological polar surface area (TPSA) is 29.9 Å². The fourth-order valence-electron chi connectivity index (χ4n) is 3.00. The molecular weight excluding hydrogens is 302 g/mol. The third-order valence-corrected chi connectivity index (χ3v) is 4.54. The summed E-state index contributed by atoms with van der Waals surface area (Å²) in [5.74, 6) is 1.08. The van der Waals surface area contributed by atoms with Gasteiger partial charge in [-0.25, -0.2) is 4.98 Å². The average molecular weight is 320 g/mol. The first kappa shape index (κ1) is 12.9. The van der Waals surface area contributed by atoms with Gasteiger partial charge in [-0.1, -0.05) is 28.1 Å². The van der Waals surface area contributed by atoms with E-state index in [9.17, 15) is 0 Å². The molecule has 0 spiro atoms. The highest BCUT2D eigenvalue weighted by Gasteiger charge is 2.29. The fraction of sp³-hybridized carbons (Fsp3) is 0.400. The van der Waals surface area contributed by atoms with Crippen LogP contribution in [0.1, 0.15) is 29.5 Å². The lowest BCUT2D eigenvalue weighted by Crippen LogP contribution is -2.34. The summed E-state index contributed by atoms with van der Waals surface area (Å²) in [5, 5.41) is 3.52. The maximum Gasteiger partial charge on any atom is 0.0945 e. The molecule has 0 bridgehead atoms. The highest BCUT2D eigenvalue weighted by molar-refractivity contribution is 9.10. The van der Waals surface area contributed by atoms with Gasteiger partial charge in [0.2, 0.25) is 0 Å². The lowest BCUT2D eigenvalue weighted by atomic mass is 9.79. The third kappa shape index (κ3) is 2.60. The van der Waals surface area contributed by atoms with Gasteiger partial charge >= 0.3 is 0 Å². The molecule has 1 aliphatic rings. The van der Waals surface area contributed by atoms with Crippen molar-refractivity contribution in [2.75, 3.05) is 13.1 Å². The van der Waals surface area contributed by atoms with Crippen molar-refractivity contribution in [3.05, 3.63) is 52.5 Å². The molecule has 1 saturated heterocycles. The van der Waals surface area contributed by atoms with E-state index in [1.807, 2.05) is 12.5 Å². The molecule has 3 nitrogen and oxygen atoms in total. The van der Waals surface area contributed by atoms with E-state index >= 15 is 0 Å². The minimum absolute atomic E-state index is 0.525. The van der Waals surface area contributed by atoms with Crippen LogP contribution < -0.4 is 5.32 Å². The standard InChI is InChI=1S/C15H18BrN3/c1-19-10-18-9-15(19)13-6-7-17-8-14(13)11-2-4-12(16)5-3-11/h2-5,9-10,13-14,17H,6-8H2,1H3. The van der Waals surface area contributed by atoms with Gasteiger partial charge in [0.25, 0.3) is 0 Å². The summed E-state index contributed by atoms with van der Waals surface area (Å²) < 4.78 is 3.29. The van der Waals surface area contributed by atoms with Crippen LogP contribution in [0.2, 0.25) is 0 Å². The van der Waals surface area contributed by atoms with Crippen molar-refractivity contribution in [3.8, 4) is 0 Å².